The zero-order valence-electron chi connectivity index (χ0n) is 13.0. The van der Waals surface area contributed by atoms with Crippen LogP contribution in [-0.4, -0.2) is 13.7 Å². The van der Waals surface area contributed by atoms with Crippen molar-refractivity contribution in [1.82, 2.24) is 0 Å². The van der Waals surface area contributed by atoms with Crippen molar-refractivity contribution in [2.45, 2.75) is 27.2 Å². The van der Waals surface area contributed by atoms with Gasteiger partial charge in [0.25, 0.3) is 0 Å². The van der Waals surface area contributed by atoms with Gasteiger partial charge in [0.1, 0.15) is 5.75 Å². The van der Waals surface area contributed by atoms with Crippen molar-refractivity contribution in [3.05, 3.63) is 54.6 Å². The van der Waals surface area contributed by atoms with Gasteiger partial charge in [-0.1, -0.05) is 45.0 Å². The summed E-state index contributed by atoms with van der Waals surface area (Å²) in [6.07, 6.45) is 1.10. The van der Waals surface area contributed by atoms with E-state index in [1.54, 1.807) is 7.11 Å². The highest BCUT2D eigenvalue weighted by atomic mass is 16.5. The number of anilines is 2. The molecule has 2 aromatic carbocycles. The second-order valence-corrected chi connectivity index (χ2v) is 4.19. The van der Waals surface area contributed by atoms with Gasteiger partial charge in [-0.3, -0.25) is 0 Å². The fourth-order valence-electron chi connectivity index (χ4n) is 2.02. The van der Waals surface area contributed by atoms with Crippen molar-refractivity contribution in [3.63, 3.8) is 0 Å². The largest absolute Gasteiger partial charge is 0.497 e. The Morgan fingerprint density at radius 2 is 1.55 bits per heavy atom. The van der Waals surface area contributed by atoms with Crippen LogP contribution in [0.15, 0.2) is 54.6 Å². The summed E-state index contributed by atoms with van der Waals surface area (Å²) >= 11 is 0. The first-order valence-corrected chi connectivity index (χ1v) is 7.31. The quantitative estimate of drug-likeness (QED) is 0.734. The van der Waals surface area contributed by atoms with E-state index in [2.05, 4.69) is 48.2 Å². The summed E-state index contributed by atoms with van der Waals surface area (Å²) in [4.78, 5) is 2.31. The van der Waals surface area contributed by atoms with E-state index >= 15 is 0 Å². The Kier molecular flexibility index (Phi) is 7.26. The number of para-hydroxylation sites is 1. The number of methoxy groups -OCH3 is 1. The van der Waals surface area contributed by atoms with Crippen LogP contribution < -0.4 is 9.64 Å². The van der Waals surface area contributed by atoms with Crippen LogP contribution in [0.1, 0.15) is 27.2 Å². The van der Waals surface area contributed by atoms with E-state index < -0.39 is 0 Å². The second kappa shape index (κ2) is 9.03. The summed E-state index contributed by atoms with van der Waals surface area (Å²) in [5.74, 6) is 0.893. The van der Waals surface area contributed by atoms with Gasteiger partial charge >= 0.3 is 0 Å². The lowest BCUT2D eigenvalue weighted by molar-refractivity contribution is 0.415. The molecular weight excluding hydrogens is 246 g/mol. The van der Waals surface area contributed by atoms with Gasteiger partial charge in [0.2, 0.25) is 0 Å². The molecule has 0 aliphatic carbocycles. The Morgan fingerprint density at radius 3 is 2.15 bits per heavy atom. The topological polar surface area (TPSA) is 12.5 Å². The molecule has 0 spiro atoms. The lowest BCUT2D eigenvalue weighted by atomic mass is 10.2. The van der Waals surface area contributed by atoms with Crippen molar-refractivity contribution in [2.24, 2.45) is 0 Å². The highest BCUT2D eigenvalue weighted by Crippen LogP contribution is 2.28. The van der Waals surface area contributed by atoms with Gasteiger partial charge in [0, 0.05) is 24.0 Å². The van der Waals surface area contributed by atoms with Crippen LogP contribution in [0.3, 0.4) is 0 Å². The van der Waals surface area contributed by atoms with Crippen molar-refractivity contribution < 1.29 is 4.74 Å². The van der Waals surface area contributed by atoms with E-state index in [4.69, 9.17) is 4.74 Å². The van der Waals surface area contributed by atoms with Gasteiger partial charge < -0.3 is 9.64 Å². The SMILES string of the molecule is CC.CCCN(c1ccccc1)c1cccc(OC)c1. The average Bonchev–Trinajstić information content (AvgIpc) is 2.55. The zero-order valence-corrected chi connectivity index (χ0v) is 13.0. The average molecular weight is 271 g/mol. The Balaban J connectivity index is 0.000000956. The monoisotopic (exact) mass is 271 g/mol. The molecular formula is C18H25NO. The molecule has 0 bridgehead atoms. The van der Waals surface area contributed by atoms with Crippen LogP contribution in [0.5, 0.6) is 5.75 Å². The third-order valence-corrected chi connectivity index (χ3v) is 2.88. The molecule has 2 nitrogen and oxygen atoms in total. The molecule has 0 radical (unpaired) electrons. The first-order chi connectivity index (χ1) is 9.85. The highest BCUT2D eigenvalue weighted by molar-refractivity contribution is 5.64. The minimum absolute atomic E-state index is 0.893. The highest BCUT2D eigenvalue weighted by Gasteiger charge is 2.08. The number of rotatable bonds is 5. The van der Waals surface area contributed by atoms with Crippen LogP contribution in [-0.2, 0) is 0 Å². The number of benzene rings is 2. The minimum Gasteiger partial charge on any atom is -0.497 e. The van der Waals surface area contributed by atoms with Gasteiger partial charge in [-0.2, -0.15) is 0 Å². The standard InChI is InChI=1S/C16H19NO.C2H6/c1-3-12-17(14-8-5-4-6-9-14)15-10-7-11-16(13-15)18-2;1-2/h4-11,13H,3,12H2,1-2H3;1-2H3. The van der Waals surface area contributed by atoms with E-state index in [0.29, 0.717) is 0 Å². The molecule has 20 heavy (non-hydrogen) atoms. The summed E-state index contributed by atoms with van der Waals surface area (Å²) in [7, 11) is 1.70. The molecule has 2 heteroatoms. The van der Waals surface area contributed by atoms with E-state index in [9.17, 15) is 0 Å². The molecule has 0 N–H and O–H groups in total. The fraction of sp³-hybridized carbons (Fsp3) is 0.333. The van der Waals surface area contributed by atoms with Crippen LogP contribution in [0.2, 0.25) is 0 Å². The molecule has 0 saturated heterocycles. The molecule has 2 rings (SSSR count). The van der Waals surface area contributed by atoms with Gasteiger partial charge in [-0.05, 0) is 30.7 Å². The number of hydrogen-bond donors (Lipinski definition) is 0. The lowest BCUT2D eigenvalue weighted by Gasteiger charge is -2.24. The summed E-state index contributed by atoms with van der Waals surface area (Å²) in [5, 5.41) is 0. The molecule has 0 aliphatic rings. The molecule has 0 fully saturated rings. The van der Waals surface area contributed by atoms with Crippen molar-refractivity contribution in [3.8, 4) is 5.75 Å². The zero-order chi connectivity index (χ0) is 14.8. The van der Waals surface area contributed by atoms with Gasteiger partial charge in [0.05, 0.1) is 7.11 Å². The number of ether oxygens (including phenoxy) is 1. The number of nitrogens with zero attached hydrogens (tertiary/aromatic N) is 1. The summed E-state index contributed by atoms with van der Waals surface area (Å²) in [6, 6.07) is 18.6. The molecule has 2 aromatic rings. The fourth-order valence-corrected chi connectivity index (χ4v) is 2.02. The normalized spacial score (nSPS) is 9.40. The molecule has 0 heterocycles. The third-order valence-electron chi connectivity index (χ3n) is 2.88. The maximum atomic E-state index is 5.29. The molecule has 0 saturated carbocycles. The van der Waals surface area contributed by atoms with Gasteiger partial charge in [-0.25, -0.2) is 0 Å². The summed E-state index contributed by atoms with van der Waals surface area (Å²) in [6.45, 7) is 7.19. The van der Waals surface area contributed by atoms with E-state index in [1.807, 2.05) is 32.0 Å². The predicted molar refractivity (Wildman–Crippen MR) is 88.1 cm³/mol. The van der Waals surface area contributed by atoms with Crippen molar-refractivity contribution in [2.75, 3.05) is 18.6 Å². The predicted octanol–water partition coefficient (Wildman–Crippen LogP) is 5.27. The van der Waals surface area contributed by atoms with Gasteiger partial charge in [0.15, 0.2) is 0 Å². The molecule has 0 atom stereocenters. The van der Waals surface area contributed by atoms with E-state index in [-0.39, 0.29) is 0 Å². The first-order valence-electron chi connectivity index (χ1n) is 7.31. The van der Waals surface area contributed by atoms with Crippen molar-refractivity contribution >= 4 is 11.4 Å². The molecule has 0 aromatic heterocycles. The Hall–Kier alpha value is -1.96. The van der Waals surface area contributed by atoms with Crippen LogP contribution in [0, 0.1) is 0 Å². The lowest BCUT2D eigenvalue weighted by Crippen LogP contribution is -2.17. The Bertz CT molecular complexity index is 482. The van der Waals surface area contributed by atoms with Crippen LogP contribution in [0.4, 0.5) is 11.4 Å². The van der Waals surface area contributed by atoms with Crippen LogP contribution in [0.25, 0.3) is 0 Å². The Morgan fingerprint density at radius 1 is 0.900 bits per heavy atom. The third kappa shape index (κ3) is 4.30. The van der Waals surface area contributed by atoms with Crippen LogP contribution >= 0.6 is 0 Å². The second-order valence-electron chi connectivity index (χ2n) is 4.19. The molecule has 0 unspecified atom stereocenters. The maximum Gasteiger partial charge on any atom is 0.120 e. The first kappa shape index (κ1) is 16.1. The van der Waals surface area contributed by atoms with Crippen molar-refractivity contribution in [1.29, 1.82) is 0 Å². The van der Waals surface area contributed by atoms with E-state index in [0.717, 1.165) is 18.7 Å². The summed E-state index contributed by atoms with van der Waals surface area (Å²) < 4.78 is 5.29. The molecule has 108 valence electrons. The van der Waals surface area contributed by atoms with E-state index in [1.165, 1.54) is 11.4 Å². The summed E-state index contributed by atoms with van der Waals surface area (Å²) in [5.41, 5.74) is 2.38. The maximum absolute atomic E-state index is 5.29. The number of hydrogen-bond acceptors (Lipinski definition) is 2. The minimum atomic E-state index is 0.893. The smallest absolute Gasteiger partial charge is 0.120 e. The molecule has 0 aliphatic heterocycles. The Labute approximate surface area is 123 Å². The molecule has 0 amide bonds. The van der Waals surface area contributed by atoms with Gasteiger partial charge in [-0.15, -0.1) is 0 Å².